The highest BCUT2D eigenvalue weighted by atomic mass is 16.4. The fourth-order valence-corrected chi connectivity index (χ4v) is 1.39. The summed E-state index contributed by atoms with van der Waals surface area (Å²) in [6.45, 7) is 6.25. The van der Waals surface area contributed by atoms with Crippen molar-refractivity contribution in [1.29, 1.82) is 0 Å². The molecule has 2 amide bonds. The molecule has 0 saturated carbocycles. The number of carbonyl (C=O) groups excluding carboxylic acids is 1. The third kappa shape index (κ3) is 3.01. The van der Waals surface area contributed by atoms with Crippen molar-refractivity contribution in [1.82, 2.24) is 10.2 Å². The minimum absolute atomic E-state index is 0.0374. The van der Waals surface area contributed by atoms with Crippen LogP contribution >= 0.6 is 0 Å². The van der Waals surface area contributed by atoms with Gasteiger partial charge in [-0.3, -0.25) is 0 Å². The molecule has 0 saturated heterocycles. The van der Waals surface area contributed by atoms with Gasteiger partial charge in [-0.1, -0.05) is 19.0 Å². The van der Waals surface area contributed by atoms with Crippen molar-refractivity contribution in [3.8, 4) is 0 Å². The summed E-state index contributed by atoms with van der Waals surface area (Å²) in [6, 6.07) is -0.224. The van der Waals surface area contributed by atoms with Gasteiger partial charge in [-0.05, 0) is 19.8 Å². The monoisotopic (exact) mass is 230 g/mol. The van der Waals surface area contributed by atoms with Crippen LogP contribution < -0.4 is 11.1 Å². The normalized spacial score (nSPS) is 12.4. The predicted molar refractivity (Wildman–Crippen MR) is 63.6 cm³/mol. The topological polar surface area (TPSA) is 91.0 Å². The summed E-state index contributed by atoms with van der Waals surface area (Å²) < 4.78 is 0. The van der Waals surface area contributed by atoms with E-state index in [0.29, 0.717) is 19.4 Å². The minimum Gasteiger partial charge on any atom is -0.409 e. The second-order valence-electron chi connectivity index (χ2n) is 3.72. The van der Waals surface area contributed by atoms with E-state index < -0.39 is 5.54 Å². The van der Waals surface area contributed by atoms with Gasteiger partial charge in [0, 0.05) is 13.6 Å². The maximum Gasteiger partial charge on any atom is 0.317 e. The van der Waals surface area contributed by atoms with Crippen LogP contribution in [0.2, 0.25) is 0 Å². The molecule has 0 bridgehead atoms. The van der Waals surface area contributed by atoms with Crippen molar-refractivity contribution in [3.05, 3.63) is 0 Å². The summed E-state index contributed by atoms with van der Waals surface area (Å²) in [6.07, 6.45) is 1.14. The lowest BCUT2D eigenvalue weighted by Gasteiger charge is -2.33. The molecule has 0 radical (unpaired) electrons. The fourth-order valence-electron chi connectivity index (χ4n) is 1.39. The Bertz CT molecular complexity index is 262. The van der Waals surface area contributed by atoms with Crippen molar-refractivity contribution < 1.29 is 10.0 Å². The summed E-state index contributed by atoms with van der Waals surface area (Å²) in [5, 5.41) is 14.5. The van der Waals surface area contributed by atoms with Crippen molar-refractivity contribution >= 4 is 11.9 Å². The van der Waals surface area contributed by atoms with Crippen LogP contribution in [0.4, 0.5) is 4.79 Å². The molecule has 0 heterocycles. The summed E-state index contributed by atoms with van der Waals surface area (Å²) >= 11 is 0. The minimum atomic E-state index is -0.769. The predicted octanol–water partition coefficient (Wildman–Crippen LogP) is 0.953. The molecule has 4 N–H and O–H groups in total. The Morgan fingerprint density at radius 2 is 1.94 bits per heavy atom. The number of nitrogens with one attached hydrogen (secondary N) is 1. The van der Waals surface area contributed by atoms with E-state index >= 15 is 0 Å². The SMILES string of the molecule is CCN(C)C(=O)NC(CC)(CC)C(N)=NO. The molecule has 0 aromatic rings. The number of nitrogens with zero attached hydrogens (tertiary/aromatic N) is 2. The van der Waals surface area contributed by atoms with Crippen LogP contribution in [0.25, 0.3) is 0 Å². The number of carbonyl (C=O) groups is 1. The zero-order valence-corrected chi connectivity index (χ0v) is 10.4. The van der Waals surface area contributed by atoms with Gasteiger partial charge in [-0.2, -0.15) is 0 Å². The van der Waals surface area contributed by atoms with Crippen molar-refractivity contribution in [2.75, 3.05) is 13.6 Å². The number of hydrogen-bond donors (Lipinski definition) is 3. The first-order chi connectivity index (χ1) is 7.47. The molecular formula is C10H22N4O2. The van der Waals surface area contributed by atoms with Crippen molar-refractivity contribution in [3.63, 3.8) is 0 Å². The summed E-state index contributed by atoms with van der Waals surface area (Å²) in [5.74, 6) is 0.0374. The van der Waals surface area contributed by atoms with Gasteiger partial charge in [0.25, 0.3) is 0 Å². The van der Waals surface area contributed by atoms with E-state index in [0.717, 1.165) is 0 Å². The lowest BCUT2D eigenvalue weighted by Crippen LogP contribution is -2.59. The molecule has 0 aliphatic rings. The molecule has 0 aliphatic heterocycles. The number of urea groups is 1. The molecule has 94 valence electrons. The first-order valence-corrected chi connectivity index (χ1v) is 5.48. The second kappa shape index (κ2) is 6.19. The van der Waals surface area contributed by atoms with Crippen molar-refractivity contribution in [2.45, 2.75) is 39.2 Å². The number of amidine groups is 1. The summed E-state index contributed by atoms with van der Waals surface area (Å²) in [5.41, 5.74) is 4.86. The Balaban J connectivity index is 4.88. The molecule has 0 fully saturated rings. The molecule has 6 heteroatoms. The Kier molecular flexibility index (Phi) is 5.63. The summed E-state index contributed by atoms with van der Waals surface area (Å²) in [7, 11) is 1.69. The molecule has 0 aromatic heterocycles. The molecule has 0 spiro atoms. The fraction of sp³-hybridized carbons (Fsp3) is 0.800. The van der Waals surface area contributed by atoms with Crippen LogP contribution in [0.5, 0.6) is 0 Å². The van der Waals surface area contributed by atoms with Crippen LogP contribution in [0.3, 0.4) is 0 Å². The van der Waals surface area contributed by atoms with Gasteiger partial charge >= 0.3 is 6.03 Å². The zero-order valence-electron chi connectivity index (χ0n) is 10.4. The molecule has 0 rings (SSSR count). The Hall–Kier alpha value is -1.46. The van der Waals surface area contributed by atoms with Crippen LogP contribution in [0, 0.1) is 0 Å². The number of rotatable bonds is 5. The zero-order chi connectivity index (χ0) is 12.8. The van der Waals surface area contributed by atoms with E-state index in [1.807, 2.05) is 20.8 Å². The van der Waals surface area contributed by atoms with E-state index in [2.05, 4.69) is 10.5 Å². The average molecular weight is 230 g/mol. The number of oxime groups is 1. The van der Waals surface area contributed by atoms with Gasteiger partial charge in [0.05, 0.1) is 0 Å². The molecule has 16 heavy (non-hydrogen) atoms. The van der Waals surface area contributed by atoms with Crippen LogP contribution in [-0.2, 0) is 0 Å². The van der Waals surface area contributed by atoms with E-state index in [-0.39, 0.29) is 11.9 Å². The van der Waals surface area contributed by atoms with E-state index in [1.54, 1.807) is 7.05 Å². The van der Waals surface area contributed by atoms with Crippen LogP contribution in [0.1, 0.15) is 33.6 Å². The first kappa shape index (κ1) is 14.5. The van der Waals surface area contributed by atoms with Gasteiger partial charge in [-0.15, -0.1) is 0 Å². The Morgan fingerprint density at radius 1 is 1.44 bits per heavy atom. The van der Waals surface area contributed by atoms with Crippen LogP contribution in [0.15, 0.2) is 5.16 Å². The highest BCUT2D eigenvalue weighted by Crippen LogP contribution is 2.15. The maximum atomic E-state index is 11.8. The lowest BCUT2D eigenvalue weighted by molar-refractivity contribution is 0.200. The number of amides is 2. The number of nitrogens with two attached hydrogens (primary N) is 1. The standard InChI is InChI=1S/C10H22N4O2/c1-5-10(6-2,8(11)13-16)12-9(15)14(4)7-3/h16H,5-7H2,1-4H3,(H2,11,13)(H,12,15). The van der Waals surface area contributed by atoms with E-state index in [1.165, 1.54) is 4.90 Å². The lowest BCUT2D eigenvalue weighted by atomic mass is 9.91. The average Bonchev–Trinajstić information content (AvgIpc) is 2.33. The molecule has 0 aliphatic carbocycles. The molecular weight excluding hydrogens is 208 g/mol. The van der Waals surface area contributed by atoms with Crippen molar-refractivity contribution in [2.24, 2.45) is 10.9 Å². The number of hydrogen-bond acceptors (Lipinski definition) is 3. The first-order valence-electron chi connectivity index (χ1n) is 5.48. The van der Waals surface area contributed by atoms with Gasteiger partial charge in [-0.25, -0.2) is 4.79 Å². The molecule has 0 aromatic carbocycles. The second-order valence-corrected chi connectivity index (χ2v) is 3.72. The Morgan fingerprint density at radius 3 is 2.25 bits per heavy atom. The van der Waals surface area contributed by atoms with E-state index in [4.69, 9.17) is 10.9 Å². The highest BCUT2D eigenvalue weighted by Gasteiger charge is 2.33. The molecule has 0 unspecified atom stereocenters. The molecule has 0 atom stereocenters. The third-order valence-corrected chi connectivity index (χ3v) is 2.97. The quantitative estimate of drug-likeness (QED) is 0.284. The van der Waals surface area contributed by atoms with Crippen LogP contribution in [-0.4, -0.2) is 41.1 Å². The Labute approximate surface area is 96.5 Å². The maximum absolute atomic E-state index is 11.8. The van der Waals surface area contributed by atoms with Gasteiger partial charge in [0.1, 0.15) is 5.54 Å². The van der Waals surface area contributed by atoms with Gasteiger partial charge < -0.3 is 21.2 Å². The van der Waals surface area contributed by atoms with Gasteiger partial charge in [0.15, 0.2) is 5.84 Å². The molecule has 6 nitrogen and oxygen atoms in total. The highest BCUT2D eigenvalue weighted by molar-refractivity contribution is 5.93. The van der Waals surface area contributed by atoms with E-state index in [9.17, 15) is 4.79 Å². The third-order valence-electron chi connectivity index (χ3n) is 2.97. The largest absolute Gasteiger partial charge is 0.409 e. The van der Waals surface area contributed by atoms with Gasteiger partial charge in [0.2, 0.25) is 0 Å². The smallest absolute Gasteiger partial charge is 0.317 e. The summed E-state index contributed by atoms with van der Waals surface area (Å²) in [4.78, 5) is 13.3.